The van der Waals surface area contributed by atoms with Gasteiger partial charge < -0.3 is 9.73 Å². The molecule has 0 spiro atoms. The number of furan rings is 1. The number of benzene rings is 1. The third kappa shape index (κ3) is 2.91. The van der Waals surface area contributed by atoms with Crippen molar-refractivity contribution in [2.75, 3.05) is 0 Å². The van der Waals surface area contributed by atoms with E-state index in [9.17, 15) is 8.78 Å². The molecule has 2 aromatic rings. The lowest BCUT2D eigenvalue weighted by atomic mass is 10.1. The average Bonchev–Trinajstić information content (AvgIpc) is 2.83. The molecule has 0 aliphatic carbocycles. The van der Waals surface area contributed by atoms with Gasteiger partial charge in [-0.25, -0.2) is 8.78 Å². The summed E-state index contributed by atoms with van der Waals surface area (Å²) in [5.74, 6) is -0.836. The van der Waals surface area contributed by atoms with Crippen LogP contribution in [0.4, 0.5) is 8.78 Å². The minimum Gasteiger partial charge on any atom is -0.472 e. The zero-order chi connectivity index (χ0) is 12.3. The Morgan fingerprint density at radius 2 is 2.12 bits per heavy atom. The molecule has 0 fully saturated rings. The van der Waals surface area contributed by atoms with Crippen molar-refractivity contribution in [3.05, 3.63) is 59.6 Å². The van der Waals surface area contributed by atoms with Crippen LogP contribution in [0.25, 0.3) is 0 Å². The van der Waals surface area contributed by atoms with Crippen molar-refractivity contribution in [2.45, 2.75) is 19.5 Å². The predicted molar refractivity (Wildman–Crippen MR) is 60.3 cm³/mol. The van der Waals surface area contributed by atoms with Gasteiger partial charge in [0.25, 0.3) is 0 Å². The van der Waals surface area contributed by atoms with E-state index in [1.54, 1.807) is 12.5 Å². The normalized spacial score (nSPS) is 12.6. The summed E-state index contributed by atoms with van der Waals surface area (Å²) in [5.41, 5.74) is 1.29. The Morgan fingerprint density at radius 3 is 2.82 bits per heavy atom. The highest BCUT2D eigenvalue weighted by atomic mass is 19.1. The van der Waals surface area contributed by atoms with Crippen molar-refractivity contribution in [3.8, 4) is 0 Å². The number of rotatable bonds is 4. The first-order chi connectivity index (χ1) is 8.16. The molecule has 0 saturated carbocycles. The quantitative estimate of drug-likeness (QED) is 0.881. The zero-order valence-electron chi connectivity index (χ0n) is 9.41. The standard InChI is InChI=1S/C13H13F2NO/c1-9(10-4-5-17-8-10)16-7-11-6-12(14)2-3-13(11)15/h2-6,8-9,16H,7H2,1H3. The van der Waals surface area contributed by atoms with Gasteiger partial charge in [0, 0.05) is 23.7 Å². The molecule has 1 N–H and O–H groups in total. The molecule has 0 amide bonds. The van der Waals surface area contributed by atoms with E-state index in [2.05, 4.69) is 5.32 Å². The van der Waals surface area contributed by atoms with E-state index >= 15 is 0 Å². The first kappa shape index (κ1) is 11.8. The Balaban J connectivity index is 2.00. The van der Waals surface area contributed by atoms with Crippen LogP contribution >= 0.6 is 0 Å². The lowest BCUT2D eigenvalue weighted by Gasteiger charge is -2.12. The largest absolute Gasteiger partial charge is 0.472 e. The van der Waals surface area contributed by atoms with Crippen molar-refractivity contribution in [1.29, 1.82) is 0 Å². The van der Waals surface area contributed by atoms with Gasteiger partial charge in [-0.15, -0.1) is 0 Å². The number of hydrogen-bond acceptors (Lipinski definition) is 2. The van der Waals surface area contributed by atoms with Crippen LogP contribution in [-0.4, -0.2) is 0 Å². The molecule has 1 atom stereocenters. The minimum absolute atomic E-state index is 0.0245. The van der Waals surface area contributed by atoms with Crippen LogP contribution in [0.3, 0.4) is 0 Å². The molecular weight excluding hydrogens is 224 g/mol. The van der Waals surface area contributed by atoms with Crippen LogP contribution in [0.1, 0.15) is 24.1 Å². The van der Waals surface area contributed by atoms with Crippen LogP contribution in [0.5, 0.6) is 0 Å². The van der Waals surface area contributed by atoms with E-state index in [0.29, 0.717) is 5.56 Å². The Kier molecular flexibility index (Phi) is 3.54. The lowest BCUT2D eigenvalue weighted by Crippen LogP contribution is -2.18. The summed E-state index contributed by atoms with van der Waals surface area (Å²) >= 11 is 0. The van der Waals surface area contributed by atoms with Gasteiger partial charge in [0.05, 0.1) is 12.5 Å². The van der Waals surface area contributed by atoms with Crippen LogP contribution in [0.15, 0.2) is 41.2 Å². The smallest absolute Gasteiger partial charge is 0.127 e. The summed E-state index contributed by atoms with van der Waals surface area (Å²) in [6.45, 7) is 2.21. The molecule has 0 bridgehead atoms. The molecule has 4 heteroatoms. The molecule has 2 rings (SSSR count). The highest BCUT2D eigenvalue weighted by Gasteiger charge is 2.08. The maximum Gasteiger partial charge on any atom is 0.127 e. The topological polar surface area (TPSA) is 25.2 Å². The first-order valence-electron chi connectivity index (χ1n) is 5.36. The summed E-state index contributed by atoms with van der Waals surface area (Å²) in [6.07, 6.45) is 3.20. The van der Waals surface area contributed by atoms with Gasteiger partial charge in [-0.3, -0.25) is 0 Å². The van der Waals surface area contributed by atoms with Gasteiger partial charge in [0.15, 0.2) is 0 Å². The molecule has 0 aliphatic heterocycles. The summed E-state index contributed by atoms with van der Waals surface area (Å²) in [5, 5.41) is 3.10. The summed E-state index contributed by atoms with van der Waals surface area (Å²) in [7, 11) is 0. The third-order valence-corrected chi connectivity index (χ3v) is 2.65. The molecule has 2 nitrogen and oxygen atoms in total. The van der Waals surface area contributed by atoms with Crippen LogP contribution in [-0.2, 0) is 6.54 Å². The van der Waals surface area contributed by atoms with Gasteiger partial charge in [-0.05, 0) is 31.2 Å². The molecule has 1 aromatic heterocycles. The lowest BCUT2D eigenvalue weighted by molar-refractivity contribution is 0.522. The second-order valence-corrected chi connectivity index (χ2v) is 3.90. The maximum atomic E-state index is 13.3. The zero-order valence-corrected chi connectivity index (χ0v) is 9.41. The van der Waals surface area contributed by atoms with Gasteiger partial charge in [0.2, 0.25) is 0 Å². The van der Waals surface area contributed by atoms with Crippen molar-refractivity contribution < 1.29 is 13.2 Å². The third-order valence-electron chi connectivity index (χ3n) is 2.65. The summed E-state index contributed by atoms with van der Waals surface area (Å²) in [4.78, 5) is 0. The number of halogens is 2. The molecule has 0 radical (unpaired) electrons. The van der Waals surface area contributed by atoms with E-state index in [0.717, 1.165) is 17.7 Å². The number of hydrogen-bond donors (Lipinski definition) is 1. The van der Waals surface area contributed by atoms with Crippen LogP contribution < -0.4 is 5.32 Å². The number of nitrogens with one attached hydrogen (secondary N) is 1. The fourth-order valence-electron chi connectivity index (χ4n) is 1.58. The Bertz CT molecular complexity index is 482. The van der Waals surface area contributed by atoms with Crippen molar-refractivity contribution in [3.63, 3.8) is 0 Å². The Labute approximate surface area is 98.3 Å². The van der Waals surface area contributed by atoms with Crippen molar-refractivity contribution in [1.82, 2.24) is 5.32 Å². The van der Waals surface area contributed by atoms with Crippen molar-refractivity contribution >= 4 is 0 Å². The van der Waals surface area contributed by atoms with Crippen LogP contribution in [0, 0.1) is 11.6 Å². The molecular formula is C13H13F2NO. The molecule has 1 unspecified atom stereocenters. The maximum absolute atomic E-state index is 13.3. The SMILES string of the molecule is CC(NCc1cc(F)ccc1F)c1ccoc1. The highest BCUT2D eigenvalue weighted by molar-refractivity contribution is 5.19. The molecule has 1 aromatic carbocycles. The summed E-state index contributed by atoms with van der Waals surface area (Å²) in [6, 6.07) is 5.30. The molecule has 0 aliphatic rings. The van der Waals surface area contributed by atoms with E-state index in [1.807, 2.05) is 13.0 Å². The second kappa shape index (κ2) is 5.10. The van der Waals surface area contributed by atoms with Gasteiger partial charge in [0.1, 0.15) is 11.6 Å². The second-order valence-electron chi connectivity index (χ2n) is 3.90. The van der Waals surface area contributed by atoms with Crippen molar-refractivity contribution in [2.24, 2.45) is 0 Å². The molecule has 17 heavy (non-hydrogen) atoms. The van der Waals surface area contributed by atoms with E-state index in [4.69, 9.17) is 4.42 Å². The average molecular weight is 237 g/mol. The molecule has 1 heterocycles. The fourth-order valence-corrected chi connectivity index (χ4v) is 1.58. The van der Waals surface area contributed by atoms with Gasteiger partial charge in [-0.2, -0.15) is 0 Å². The summed E-state index contributed by atoms with van der Waals surface area (Å²) < 4.78 is 31.2. The minimum atomic E-state index is -0.431. The first-order valence-corrected chi connectivity index (χ1v) is 5.36. The van der Waals surface area contributed by atoms with Gasteiger partial charge >= 0.3 is 0 Å². The van der Waals surface area contributed by atoms with E-state index in [1.165, 1.54) is 6.07 Å². The molecule has 90 valence electrons. The monoisotopic (exact) mass is 237 g/mol. The molecule has 0 saturated heterocycles. The van der Waals surface area contributed by atoms with E-state index < -0.39 is 11.6 Å². The predicted octanol–water partition coefficient (Wildman–Crippen LogP) is 3.41. The Hall–Kier alpha value is -1.68. The van der Waals surface area contributed by atoms with Crippen LogP contribution in [0.2, 0.25) is 0 Å². The van der Waals surface area contributed by atoms with E-state index in [-0.39, 0.29) is 12.6 Å². The fraction of sp³-hybridized carbons (Fsp3) is 0.231. The Morgan fingerprint density at radius 1 is 1.29 bits per heavy atom. The van der Waals surface area contributed by atoms with Gasteiger partial charge in [-0.1, -0.05) is 0 Å². The highest BCUT2D eigenvalue weighted by Crippen LogP contribution is 2.15.